The summed E-state index contributed by atoms with van der Waals surface area (Å²) in [5, 5.41) is 7.96. The van der Waals surface area contributed by atoms with Crippen molar-refractivity contribution in [3.05, 3.63) is 18.0 Å². The molecule has 1 aromatic rings. The summed E-state index contributed by atoms with van der Waals surface area (Å²) in [5.74, 6) is 2.68. The van der Waals surface area contributed by atoms with Gasteiger partial charge in [-0.05, 0) is 31.9 Å². The van der Waals surface area contributed by atoms with Gasteiger partial charge in [0.15, 0.2) is 0 Å². The lowest BCUT2D eigenvalue weighted by Crippen LogP contribution is -2.22. The van der Waals surface area contributed by atoms with Crippen LogP contribution in [0.4, 0.5) is 0 Å². The molecule has 0 aliphatic rings. The van der Waals surface area contributed by atoms with Crippen molar-refractivity contribution in [2.75, 3.05) is 6.54 Å². The molecule has 0 spiro atoms. The summed E-state index contributed by atoms with van der Waals surface area (Å²) in [5.41, 5.74) is 1.12. The second-order valence-electron chi connectivity index (χ2n) is 4.02. The Morgan fingerprint density at radius 2 is 2.44 bits per heavy atom. The molecule has 0 fully saturated rings. The molecule has 16 heavy (non-hydrogen) atoms. The lowest BCUT2D eigenvalue weighted by molar-refractivity contribution is 0.472. The van der Waals surface area contributed by atoms with Gasteiger partial charge in [0.2, 0.25) is 0 Å². The molecule has 0 bridgehead atoms. The number of aryl methyl sites for hydroxylation is 1. The van der Waals surface area contributed by atoms with Gasteiger partial charge in [-0.2, -0.15) is 5.10 Å². The summed E-state index contributed by atoms with van der Waals surface area (Å²) < 4.78 is 1.84. The molecule has 1 heterocycles. The van der Waals surface area contributed by atoms with Gasteiger partial charge in [0.05, 0.1) is 11.7 Å². The van der Waals surface area contributed by atoms with Crippen molar-refractivity contribution in [2.45, 2.75) is 38.6 Å². The number of unbranched alkanes of at least 4 members (excludes halogenated alkanes) is 1. The smallest absolute Gasteiger partial charge is 0.0793 e. The SMILES string of the molecule is C#CCCCC(NCCC)c1ccn(C)n1. The van der Waals surface area contributed by atoms with Gasteiger partial charge in [-0.3, -0.25) is 4.68 Å². The van der Waals surface area contributed by atoms with E-state index in [4.69, 9.17) is 6.42 Å². The van der Waals surface area contributed by atoms with Crippen LogP contribution >= 0.6 is 0 Å². The molecular weight excluding hydrogens is 198 g/mol. The Morgan fingerprint density at radius 1 is 1.62 bits per heavy atom. The van der Waals surface area contributed by atoms with Crippen LogP contribution in [0.5, 0.6) is 0 Å². The van der Waals surface area contributed by atoms with Crippen LogP contribution in [0.25, 0.3) is 0 Å². The third-order valence-electron chi connectivity index (χ3n) is 2.55. The first-order valence-electron chi connectivity index (χ1n) is 5.94. The van der Waals surface area contributed by atoms with Crippen molar-refractivity contribution in [3.63, 3.8) is 0 Å². The summed E-state index contributed by atoms with van der Waals surface area (Å²) in [6.07, 6.45) is 11.3. The molecule has 1 atom stereocenters. The summed E-state index contributed by atoms with van der Waals surface area (Å²) in [7, 11) is 1.95. The van der Waals surface area contributed by atoms with E-state index in [2.05, 4.69) is 29.3 Å². The number of hydrogen-bond acceptors (Lipinski definition) is 2. The monoisotopic (exact) mass is 219 g/mol. The number of nitrogens with one attached hydrogen (secondary N) is 1. The molecule has 88 valence electrons. The molecular formula is C13H21N3. The van der Waals surface area contributed by atoms with Crippen molar-refractivity contribution in [2.24, 2.45) is 7.05 Å². The normalized spacial score (nSPS) is 12.3. The maximum atomic E-state index is 5.27. The third-order valence-corrected chi connectivity index (χ3v) is 2.55. The van der Waals surface area contributed by atoms with Crippen molar-refractivity contribution in [1.29, 1.82) is 0 Å². The highest BCUT2D eigenvalue weighted by Crippen LogP contribution is 2.17. The number of rotatable bonds is 7. The van der Waals surface area contributed by atoms with Crippen LogP contribution in [0, 0.1) is 12.3 Å². The summed E-state index contributed by atoms with van der Waals surface area (Å²) in [6, 6.07) is 2.41. The topological polar surface area (TPSA) is 29.9 Å². The number of nitrogens with zero attached hydrogens (tertiary/aromatic N) is 2. The highest BCUT2D eigenvalue weighted by Gasteiger charge is 2.12. The average Bonchev–Trinajstić information content (AvgIpc) is 2.70. The van der Waals surface area contributed by atoms with E-state index in [-0.39, 0.29) is 0 Å². The van der Waals surface area contributed by atoms with E-state index in [1.54, 1.807) is 0 Å². The summed E-state index contributed by atoms with van der Waals surface area (Å²) >= 11 is 0. The van der Waals surface area contributed by atoms with Crippen LogP contribution in [-0.4, -0.2) is 16.3 Å². The molecule has 1 aromatic heterocycles. The summed E-state index contributed by atoms with van der Waals surface area (Å²) in [6.45, 7) is 3.20. The second-order valence-corrected chi connectivity index (χ2v) is 4.02. The highest BCUT2D eigenvalue weighted by atomic mass is 15.3. The van der Waals surface area contributed by atoms with Gasteiger partial charge in [0.25, 0.3) is 0 Å². The van der Waals surface area contributed by atoms with Gasteiger partial charge in [0, 0.05) is 19.7 Å². The average molecular weight is 219 g/mol. The third kappa shape index (κ3) is 4.08. The zero-order chi connectivity index (χ0) is 11.8. The van der Waals surface area contributed by atoms with Crippen LogP contribution in [0.2, 0.25) is 0 Å². The molecule has 3 heteroatoms. The predicted molar refractivity (Wildman–Crippen MR) is 66.9 cm³/mol. The molecule has 1 rings (SSSR count). The standard InChI is InChI=1S/C13H21N3/c1-4-6-7-8-12(14-10-5-2)13-9-11-16(3)15-13/h1,9,11-12,14H,5-8,10H2,2-3H3. The van der Waals surface area contributed by atoms with E-state index in [1.165, 1.54) is 0 Å². The fourth-order valence-corrected chi connectivity index (χ4v) is 1.70. The van der Waals surface area contributed by atoms with E-state index in [9.17, 15) is 0 Å². The Kier molecular flexibility index (Phi) is 5.66. The van der Waals surface area contributed by atoms with Crippen LogP contribution in [0.15, 0.2) is 12.3 Å². The molecule has 0 saturated heterocycles. The van der Waals surface area contributed by atoms with Crippen molar-refractivity contribution < 1.29 is 0 Å². The Balaban J connectivity index is 2.53. The fraction of sp³-hybridized carbons (Fsp3) is 0.615. The van der Waals surface area contributed by atoms with E-state index in [0.717, 1.165) is 37.9 Å². The Morgan fingerprint density at radius 3 is 3.00 bits per heavy atom. The zero-order valence-electron chi connectivity index (χ0n) is 10.2. The Bertz CT molecular complexity index is 335. The van der Waals surface area contributed by atoms with E-state index in [0.29, 0.717) is 6.04 Å². The van der Waals surface area contributed by atoms with Crippen molar-refractivity contribution in [3.8, 4) is 12.3 Å². The van der Waals surface area contributed by atoms with E-state index >= 15 is 0 Å². The van der Waals surface area contributed by atoms with E-state index < -0.39 is 0 Å². The van der Waals surface area contributed by atoms with Crippen LogP contribution in [-0.2, 0) is 7.05 Å². The maximum Gasteiger partial charge on any atom is 0.0793 e. The lowest BCUT2D eigenvalue weighted by atomic mass is 10.1. The first kappa shape index (κ1) is 12.8. The van der Waals surface area contributed by atoms with Gasteiger partial charge < -0.3 is 5.32 Å². The fourth-order valence-electron chi connectivity index (χ4n) is 1.70. The molecule has 0 aliphatic heterocycles. The molecule has 1 N–H and O–H groups in total. The zero-order valence-corrected chi connectivity index (χ0v) is 10.2. The molecule has 0 radical (unpaired) electrons. The summed E-state index contributed by atoms with van der Waals surface area (Å²) in [4.78, 5) is 0. The number of aromatic nitrogens is 2. The largest absolute Gasteiger partial charge is 0.309 e. The first-order chi connectivity index (χ1) is 7.77. The van der Waals surface area contributed by atoms with Crippen LogP contribution < -0.4 is 5.32 Å². The van der Waals surface area contributed by atoms with Crippen LogP contribution in [0.1, 0.15) is 44.3 Å². The molecule has 0 aliphatic carbocycles. The minimum absolute atomic E-state index is 0.342. The maximum absolute atomic E-state index is 5.27. The quantitative estimate of drug-likeness (QED) is 0.563. The second kappa shape index (κ2) is 7.08. The minimum Gasteiger partial charge on any atom is -0.309 e. The molecule has 0 saturated carbocycles. The van der Waals surface area contributed by atoms with Gasteiger partial charge in [-0.1, -0.05) is 6.92 Å². The van der Waals surface area contributed by atoms with Crippen LogP contribution in [0.3, 0.4) is 0 Å². The Labute approximate surface area is 98.2 Å². The predicted octanol–water partition coefficient (Wildman–Crippen LogP) is 2.26. The lowest BCUT2D eigenvalue weighted by Gasteiger charge is -2.15. The van der Waals surface area contributed by atoms with E-state index in [1.807, 2.05) is 17.9 Å². The van der Waals surface area contributed by atoms with Crippen molar-refractivity contribution >= 4 is 0 Å². The highest BCUT2D eigenvalue weighted by molar-refractivity contribution is 5.05. The molecule has 3 nitrogen and oxygen atoms in total. The minimum atomic E-state index is 0.342. The molecule has 1 unspecified atom stereocenters. The Hall–Kier alpha value is -1.27. The number of terminal acetylenes is 1. The number of hydrogen-bond donors (Lipinski definition) is 1. The van der Waals surface area contributed by atoms with Gasteiger partial charge in [0.1, 0.15) is 0 Å². The van der Waals surface area contributed by atoms with Crippen molar-refractivity contribution in [1.82, 2.24) is 15.1 Å². The molecule has 0 aromatic carbocycles. The van der Waals surface area contributed by atoms with Gasteiger partial charge >= 0.3 is 0 Å². The first-order valence-corrected chi connectivity index (χ1v) is 5.94. The van der Waals surface area contributed by atoms with Gasteiger partial charge in [-0.15, -0.1) is 12.3 Å². The van der Waals surface area contributed by atoms with Gasteiger partial charge in [-0.25, -0.2) is 0 Å². The molecule has 0 amide bonds.